The molecule has 0 bridgehead atoms. The van der Waals surface area contributed by atoms with Gasteiger partial charge in [-0.2, -0.15) is 0 Å². The zero-order chi connectivity index (χ0) is 22.4. The average molecular weight is 411 g/mol. The van der Waals surface area contributed by atoms with Gasteiger partial charge in [0.25, 0.3) is 0 Å². The Morgan fingerprint density at radius 3 is 2.53 bits per heavy atom. The smallest absolute Gasteiger partial charge is 0.343 e. The third-order valence-electron chi connectivity index (χ3n) is 5.00. The third kappa shape index (κ3) is 5.80. The number of Topliss-reactive ketones (excluding diaryl/α,β-unsaturated/α-hetero) is 1. The molecule has 1 heterocycles. The molecule has 1 aromatic carbocycles. The summed E-state index contributed by atoms with van der Waals surface area (Å²) < 4.78 is 5.36. The number of benzene rings is 1. The monoisotopic (exact) mass is 410 g/mol. The summed E-state index contributed by atoms with van der Waals surface area (Å²) in [6, 6.07) is 5.30. The summed E-state index contributed by atoms with van der Waals surface area (Å²) in [6.45, 7) is 9.16. The molecule has 0 fully saturated rings. The Kier molecular flexibility index (Phi) is 7.95. The minimum atomic E-state index is -1.11. The van der Waals surface area contributed by atoms with Gasteiger partial charge >= 0.3 is 5.63 Å². The molecule has 5 heteroatoms. The van der Waals surface area contributed by atoms with Gasteiger partial charge in [-0.3, -0.25) is 4.79 Å². The first-order valence-corrected chi connectivity index (χ1v) is 10.1. The maximum Gasteiger partial charge on any atom is 0.343 e. The number of aryl methyl sites for hydroxylation is 1. The van der Waals surface area contributed by atoms with Crippen molar-refractivity contribution in [3.63, 3.8) is 0 Å². The van der Waals surface area contributed by atoms with E-state index in [0.29, 0.717) is 29.4 Å². The highest BCUT2D eigenvalue weighted by Crippen LogP contribution is 2.29. The van der Waals surface area contributed by atoms with E-state index in [0.717, 1.165) is 16.7 Å². The molecular formula is C25H30O5. The Labute approximate surface area is 177 Å². The second-order valence-corrected chi connectivity index (χ2v) is 7.90. The Morgan fingerprint density at radius 2 is 1.87 bits per heavy atom. The van der Waals surface area contributed by atoms with Crippen LogP contribution in [0, 0.1) is 6.92 Å². The van der Waals surface area contributed by atoms with Gasteiger partial charge in [-0.15, -0.1) is 0 Å². The molecule has 0 aliphatic carbocycles. The molecule has 1 atom stereocenters. The van der Waals surface area contributed by atoms with E-state index in [9.17, 15) is 19.8 Å². The number of ketones is 1. The molecule has 1 unspecified atom stereocenters. The summed E-state index contributed by atoms with van der Waals surface area (Å²) in [7, 11) is 0. The van der Waals surface area contributed by atoms with E-state index in [-0.39, 0.29) is 23.5 Å². The van der Waals surface area contributed by atoms with Crippen LogP contribution in [-0.2, 0) is 11.2 Å². The molecule has 160 valence electrons. The number of aliphatic hydroxyl groups excluding tert-OH is 1. The lowest BCUT2D eigenvalue weighted by Gasteiger charge is -2.08. The molecule has 1 aromatic heterocycles. The minimum absolute atomic E-state index is 0.0296. The van der Waals surface area contributed by atoms with Crippen LogP contribution in [0.25, 0.3) is 11.0 Å². The van der Waals surface area contributed by atoms with E-state index in [4.69, 9.17) is 4.42 Å². The van der Waals surface area contributed by atoms with Crippen molar-refractivity contribution >= 4 is 16.8 Å². The minimum Gasteiger partial charge on any atom is -0.507 e. The van der Waals surface area contributed by atoms with Gasteiger partial charge in [-0.1, -0.05) is 35.4 Å². The van der Waals surface area contributed by atoms with Crippen LogP contribution in [0.4, 0.5) is 0 Å². The molecule has 0 spiro atoms. The van der Waals surface area contributed by atoms with E-state index in [2.05, 4.69) is 0 Å². The number of carbonyl (C=O) groups excluding carboxylic acids is 1. The van der Waals surface area contributed by atoms with E-state index in [1.165, 1.54) is 6.08 Å². The molecule has 0 saturated heterocycles. The Hall–Kier alpha value is -2.92. The Bertz CT molecular complexity index is 1080. The normalized spacial score (nSPS) is 13.4. The molecule has 2 rings (SSSR count). The van der Waals surface area contributed by atoms with Crippen LogP contribution in [0.2, 0.25) is 0 Å². The Morgan fingerprint density at radius 1 is 1.17 bits per heavy atom. The summed E-state index contributed by atoms with van der Waals surface area (Å²) >= 11 is 0. The van der Waals surface area contributed by atoms with E-state index in [1.54, 1.807) is 19.1 Å². The van der Waals surface area contributed by atoms with Crippen LogP contribution in [0.3, 0.4) is 0 Å². The van der Waals surface area contributed by atoms with Crippen molar-refractivity contribution in [2.24, 2.45) is 0 Å². The van der Waals surface area contributed by atoms with Gasteiger partial charge in [0.2, 0.25) is 0 Å². The molecule has 0 saturated carbocycles. The van der Waals surface area contributed by atoms with Crippen LogP contribution < -0.4 is 5.63 Å². The Balaban J connectivity index is 2.08. The van der Waals surface area contributed by atoms with Gasteiger partial charge in [0.15, 0.2) is 5.78 Å². The highest BCUT2D eigenvalue weighted by atomic mass is 16.4. The number of allylic oxidation sites excluding steroid dienone is 4. The van der Waals surface area contributed by atoms with Gasteiger partial charge in [-0.05, 0) is 70.7 Å². The zero-order valence-corrected chi connectivity index (χ0v) is 18.3. The van der Waals surface area contributed by atoms with Crippen molar-refractivity contribution in [3.8, 4) is 5.75 Å². The maximum absolute atomic E-state index is 12.3. The zero-order valence-electron chi connectivity index (χ0n) is 18.3. The lowest BCUT2D eigenvalue weighted by Crippen LogP contribution is -2.18. The lowest BCUT2D eigenvalue weighted by atomic mass is 10.0. The van der Waals surface area contributed by atoms with Crippen LogP contribution in [-0.4, -0.2) is 22.1 Å². The number of fused-ring (bicyclic) bond motifs is 1. The fourth-order valence-corrected chi connectivity index (χ4v) is 3.24. The largest absolute Gasteiger partial charge is 0.507 e. The first-order chi connectivity index (χ1) is 14.1. The highest BCUT2D eigenvalue weighted by Gasteiger charge is 2.15. The molecule has 0 aliphatic rings. The molecule has 2 aromatic rings. The SMILES string of the molecule is CC(C)=CC(O)C(=O)/C(C)=C/CC/C(C)=C/Cc1c(O)c2c(C)cccc2oc1=O. The topological polar surface area (TPSA) is 87.7 Å². The summed E-state index contributed by atoms with van der Waals surface area (Å²) in [5.41, 5.74) is 3.36. The quantitative estimate of drug-likeness (QED) is 0.366. The van der Waals surface area contributed by atoms with Crippen molar-refractivity contribution in [2.75, 3.05) is 0 Å². The molecule has 2 N–H and O–H groups in total. The molecule has 30 heavy (non-hydrogen) atoms. The third-order valence-corrected chi connectivity index (χ3v) is 5.00. The standard InChI is InChI=1S/C25H30O5/c1-15(2)14-20(26)23(27)18(5)10-6-8-16(3)12-13-19-24(28)22-17(4)9-7-11-21(22)30-25(19)29/h7,9-12,14,20,26,28H,6,8,13H2,1-5H3/b16-12+,18-10+. The number of carbonyl (C=O) groups is 1. The van der Waals surface area contributed by atoms with Crippen LogP contribution in [0.5, 0.6) is 5.75 Å². The number of aliphatic hydroxyl groups is 1. The number of hydrogen-bond acceptors (Lipinski definition) is 5. The van der Waals surface area contributed by atoms with Gasteiger partial charge in [0.1, 0.15) is 17.4 Å². The molecule has 0 amide bonds. The molecule has 0 radical (unpaired) electrons. The van der Waals surface area contributed by atoms with Crippen LogP contribution >= 0.6 is 0 Å². The average Bonchev–Trinajstić information content (AvgIpc) is 2.66. The highest BCUT2D eigenvalue weighted by molar-refractivity contribution is 5.99. The fourth-order valence-electron chi connectivity index (χ4n) is 3.24. The number of rotatable bonds is 8. The molecule has 0 aliphatic heterocycles. The van der Waals surface area contributed by atoms with Crippen molar-refractivity contribution in [2.45, 2.75) is 60.0 Å². The summed E-state index contributed by atoms with van der Waals surface area (Å²) in [4.78, 5) is 24.4. The van der Waals surface area contributed by atoms with E-state index in [1.807, 2.05) is 45.9 Å². The van der Waals surface area contributed by atoms with Gasteiger partial charge in [0.05, 0.1) is 10.9 Å². The summed E-state index contributed by atoms with van der Waals surface area (Å²) in [5, 5.41) is 21.0. The van der Waals surface area contributed by atoms with Crippen molar-refractivity contribution < 1.29 is 19.4 Å². The first kappa shape index (κ1) is 23.4. The number of aromatic hydroxyl groups is 1. The van der Waals surface area contributed by atoms with Gasteiger partial charge in [0, 0.05) is 6.42 Å². The maximum atomic E-state index is 12.3. The lowest BCUT2D eigenvalue weighted by molar-refractivity contribution is -0.121. The predicted octanol–water partition coefficient (Wildman–Crippen LogP) is 4.92. The van der Waals surface area contributed by atoms with Crippen LogP contribution in [0.15, 0.2) is 62.4 Å². The second-order valence-electron chi connectivity index (χ2n) is 7.90. The van der Waals surface area contributed by atoms with Gasteiger partial charge < -0.3 is 14.6 Å². The first-order valence-electron chi connectivity index (χ1n) is 10.1. The van der Waals surface area contributed by atoms with E-state index < -0.39 is 11.7 Å². The summed E-state index contributed by atoms with van der Waals surface area (Å²) in [5.74, 6) is -0.329. The summed E-state index contributed by atoms with van der Waals surface area (Å²) in [6.07, 6.45) is 5.73. The fraction of sp³-hybridized carbons (Fsp3) is 0.360. The molecular weight excluding hydrogens is 380 g/mol. The van der Waals surface area contributed by atoms with Gasteiger partial charge in [-0.25, -0.2) is 4.79 Å². The van der Waals surface area contributed by atoms with Crippen molar-refractivity contribution in [3.05, 3.63) is 74.7 Å². The van der Waals surface area contributed by atoms with Crippen LogP contribution in [0.1, 0.15) is 51.7 Å². The van der Waals surface area contributed by atoms with Crippen molar-refractivity contribution in [1.29, 1.82) is 0 Å². The second kappa shape index (κ2) is 10.2. The predicted molar refractivity (Wildman–Crippen MR) is 120 cm³/mol. The van der Waals surface area contributed by atoms with Crippen molar-refractivity contribution in [1.82, 2.24) is 0 Å². The number of hydrogen-bond donors (Lipinski definition) is 2. The van der Waals surface area contributed by atoms with E-state index >= 15 is 0 Å². The molecule has 5 nitrogen and oxygen atoms in total.